The second-order valence-corrected chi connectivity index (χ2v) is 11.8. The number of nitrogens with two attached hydrogens (primary N) is 1. The summed E-state index contributed by atoms with van der Waals surface area (Å²) in [4.78, 5) is 29.5. The predicted molar refractivity (Wildman–Crippen MR) is 174 cm³/mol. The number of benzene rings is 2. The van der Waals surface area contributed by atoms with Crippen molar-refractivity contribution in [3.8, 4) is 5.75 Å². The van der Waals surface area contributed by atoms with Crippen LogP contribution in [0.4, 0.5) is 0 Å². The van der Waals surface area contributed by atoms with Gasteiger partial charge in [-0.1, -0.05) is 44.2 Å². The van der Waals surface area contributed by atoms with Gasteiger partial charge in [-0.3, -0.25) is 9.59 Å². The minimum Gasteiger partial charge on any atom is -0.493 e. The number of nitrogens with one attached hydrogen (secondary N) is 3. The molecule has 9 nitrogen and oxygen atoms in total. The molecule has 1 heterocycles. The third-order valence-corrected chi connectivity index (χ3v) is 7.97. The summed E-state index contributed by atoms with van der Waals surface area (Å²) in [5.41, 5.74) is 7.94. The standard InChI is InChI=1S/C33H48N4O5.ClH/c1-22(2)23(19-36-31(39)25-13-7-9-15-30(25)42-17-11-10-16-41-5)18-27(34)29(38)21-37-32(40)33(3,4)26-20-35-28-14-8-6-12-24(26)28;/h6-9,12-15,20,22-23,27,29,35,38H,10-11,16-19,21,34H2,1-5H3,(H,36,39)(H,37,40);1H. The summed E-state index contributed by atoms with van der Waals surface area (Å²) in [5.74, 6) is 0.386. The number of para-hydroxylation sites is 2. The second kappa shape index (κ2) is 17.3. The number of carbonyl (C=O) groups excluding carboxylic acids is 2. The van der Waals surface area contributed by atoms with Crippen molar-refractivity contribution < 1.29 is 24.2 Å². The number of carbonyl (C=O) groups is 2. The highest BCUT2D eigenvalue weighted by molar-refractivity contribution is 5.97. The first-order chi connectivity index (χ1) is 20.1. The van der Waals surface area contributed by atoms with E-state index in [-0.39, 0.29) is 42.6 Å². The van der Waals surface area contributed by atoms with Crippen LogP contribution in [0, 0.1) is 11.8 Å². The van der Waals surface area contributed by atoms with Gasteiger partial charge in [0.05, 0.1) is 23.7 Å². The molecule has 238 valence electrons. The average molecular weight is 617 g/mol. The SMILES string of the molecule is COCCCCOc1ccccc1C(=O)NCC(CC(N)C(O)CNC(=O)C(C)(C)c1c[nH]c2ccccc12)C(C)C.Cl. The summed E-state index contributed by atoms with van der Waals surface area (Å²) in [7, 11) is 1.67. The summed E-state index contributed by atoms with van der Waals surface area (Å²) >= 11 is 0. The maximum atomic E-state index is 13.2. The van der Waals surface area contributed by atoms with Gasteiger partial charge in [0.25, 0.3) is 5.91 Å². The number of ether oxygens (including phenoxy) is 2. The first-order valence-corrected chi connectivity index (χ1v) is 14.8. The largest absolute Gasteiger partial charge is 0.493 e. The van der Waals surface area contributed by atoms with E-state index in [9.17, 15) is 14.7 Å². The van der Waals surface area contributed by atoms with E-state index in [1.165, 1.54) is 0 Å². The van der Waals surface area contributed by atoms with Gasteiger partial charge in [0.15, 0.2) is 0 Å². The zero-order valence-corrected chi connectivity index (χ0v) is 26.8. The molecule has 1 aromatic heterocycles. The molecule has 0 fully saturated rings. The predicted octanol–water partition coefficient (Wildman–Crippen LogP) is 4.57. The Morgan fingerprint density at radius 3 is 2.40 bits per heavy atom. The topological polar surface area (TPSA) is 139 Å². The number of rotatable bonds is 17. The molecule has 0 saturated carbocycles. The molecule has 2 aromatic carbocycles. The van der Waals surface area contributed by atoms with E-state index in [4.69, 9.17) is 15.2 Å². The van der Waals surface area contributed by atoms with Crippen LogP contribution in [-0.2, 0) is 14.9 Å². The molecule has 3 unspecified atom stereocenters. The number of aliphatic hydroxyl groups is 1. The molecule has 0 aliphatic rings. The molecule has 0 bridgehead atoms. The lowest BCUT2D eigenvalue weighted by atomic mass is 9.83. The highest BCUT2D eigenvalue weighted by Crippen LogP contribution is 2.30. The molecule has 0 aliphatic heterocycles. The Labute approximate surface area is 261 Å². The van der Waals surface area contributed by atoms with Gasteiger partial charge >= 0.3 is 0 Å². The molecule has 3 atom stereocenters. The summed E-state index contributed by atoms with van der Waals surface area (Å²) in [5, 5.41) is 17.7. The normalized spacial score (nSPS) is 13.7. The molecular formula is C33H49ClN4O5. The molecule has 0 aliphatic carbocycles. The number of aromatic nitrogens is 1. The minimum atomic E-state index is -0.933. The third kappa shape index (κ3) is 9.96. The average Bonchev–Trinajstić information content (AvgIpc) is 3.42. The van der Waals surface area contributed by atoms with Gasteiger partial charge in [-0.25, -0.2) is 0 Å². The summed E-state index contributed by atoms with van der Waals surface area (Å²) in [6, 6.07) is 14.5. The zero-order chi connectivity index (χ0) is 30.7. The fourth-order valence-electron chi connectivity index (χ4n) is 5.01. The van der Waals surface area contributed by atoms with Crippen molar-refractivity contribution in [2.24, 2.45) is 17.6 Å². The number of fused-ring (bicyclic) bond motifs is 1. The molecule has 10 heteroatoms. The second-order valence-electron chi connectivity index (χ2n) is 11.8. The lowest BCUT2D eigenvalue weighted by molar-refractivity contribution is -0.126. The number of hydrogen-bond donors (Lipinski definition) is 5. The van der Waals surface area contributed by atoms with Crippen molar-refractivity contribution in [2.75, 3.05) is 33.4 Å². The van der Waals surface area contributed by atoms with Gasteiger partial charge in [-0.2, -0.15) is 0 Å². The van der Waals surface area contributed by atoms with Crippen LogP contribution >= 0.6 is 12.4 Å². The Morgan fingerprint density at radius 2 is 1.67 bits per heavy atom. The molecular weight excluding hydrogens is 568 g/mol. The van der Waals surface area contributed by atoms with Crippen molar-refractivity contribution in [1.29, 1.82) is 0 Å². The van der Waals surface area contributed by atoms with Gasteiger partial charge in [-0.05, 0) is 68.7 Å². The minimum absolute atomic E-state index is 0. The highest BCUT2D eigenvalue weighted by Gasteiger charge is 2.33. The van der Waals surface area contributed by atoms with Crippen molar-refractivity contribution in [3.05, 3.63) is 65.9 Å². The maximum Gasteiger partial charge on any atom is 0.255 e. The number of H-pyrrole nitrogens is 1. The zero-order valence-electron chi connectivity index (χ0n) is 26.0. The van der Waals surface area contributed by atoms with E-state index < -0.39 is 17.6 Å². The Balaban J connectivity index is 0.00000645. The molecule has 0 radical (unpaired) electrons. The van der Waals surface area contributed by atoms with Crippen LogP contribution < -0.4 is 21.1 Å². The van der Waals surface area contributed by atoms with Gasteiger partial charge in [0, 0.05) is 49.9 Å². The number of hydrogen-bond acceptors (Lipinski definition) is 6. The van der Waals surface area contributed by atoms with Crippen LogP contribution in [0.3, 0.4) is 0 Å². The van der Waals surface area contributed by atoms with Crippen molar-refractivity contribution in [2.45, 2.75) is 64.5 Å². The number of halogens is 1. The third-order valence-electron chi connectivity index (χ3n) is 7.97. The summed E-state index contributed by atoms with van der Waals surface area (Å²) in [6.07, 6.45) is 3.13. The Bertz CT molecular complexity index is 1300. The molecule has 2 amide bonds. The number of amides is 2. The van der Waals surface area contributed by atoms with Crippen molar-refractivity contribution >= 4 is 35.1 Å². The van der Waals surface area contributed by atoms with E-state index in [0.717, 1.165) is 29.3 Å². The molecule has 0 saturated heterocycles. The molecule has 3 rings (SSSR count). The van der Waals surface area contributed by atoms with Crippen molar-refractivity contribution in [3.63, 3.8) is 0 Å². The van der Waals surface area contributed by atoms with Crippen molar-refractivity contribution in [1.82, 2.24) is 15.6 Å². The van der Waals surface area contributed by atoms with E-state index in [2.05, 4.69) is 29.5 Å². The molecule has 0 spiro atoms. The first-order valence-electron chi connectivity index (χ1n) is 14.8. The van der Waals surface area contributed by atoms with Crippen LogP contribution in [0.5, 0.6) is 5.75 Å². The first kappa shape index (κ1) is 36.1. The van der Waals surface area contributed by atoms with E-state index >= 15 is 0 Å². The maximum absolute atomic E-state index is 13.2. The van der Waals surface area contributed by atoms with Crippen LogP contribution in [0.2, 0.25) is 0 Å². The Hall–Kier alpha value is -3.11. The summed E-state index contributed by atoms with van der Waals surface area (Å²) in [6.45, 7) is 9.49. The highest BCUT2D eigenvalue weighted by atomic mass is 35.5. The molecule has 3 aromatic rings. The lowest BCUT2D eigenvalue weighted by Crippen LogP contribution is -2.49. The van der Waals surface area contributed by atoms with Gasteiger partial charge < -0.3 is 35.9 Å². The fourth-order valence-corrected chi connectivity index (χ4v) is 5.01. The van der Waals surface area contributed by atoms with Gasteiger partial charge in [-0.15, -0.1) is 12.4 Å². The van der Waals surface area contributed by atoms with E-state index in [1.54, 1.807) is 19.2 Å². The lowest BCUT2D eigenvalue weighted by Gasteiger charge is -2.29. The number of aliphatic hydroxyl groups excluding tert-OH is 1. The van der Waals surface area contributed by atoms with Gasteiger partial charge in [0.2, 0.25) is 5.91 Å². The quantitative estimate of drug-likeness (QED) is 0.141. The number of unbranched alkanes of at least 4 members (excludes halogenated alkanes) is 1. The monoisotopic (exact) mass is 616 g/mol. The Kier molecular flexibility index (Phi) is 14.5. The fraction of sp³-hybridized carbons (Fsp3) is 0.515. The van der Waals surface area contributed by atoms with E-state index in [0.29, 0.717) is 37.5 Å². The van der Waals surface area contributed by atoms with Crippen LogP contribution in [0.15, 0.2) is 54.7 Å². The number of aromatic amines is 1. The molecule has 6 N–H and O–H groups in total. The van der Waals surface area contributed by atoms with E-state index in [1.807, 2.05) is 56.4 Å². The Morgan fingerprint density at radius 1 is 1.00 bits per heavy atom. The van der Waals surface area contributed by atoms with Gasteiger partial charge in [0.1, 0.15) is 5.75 Å². The van der Waals surface area contributed by atoms with Crippen LogP contribution in [0.25, 0.3) is 10.9 Å². The number of methoxy groups -OCH3 is 1. The van der Waals surface area contributed by atoms with Crippen LogP contribution in [-0.4, -0.2) is 67.5 Å². The van der Waals surface area contributed by atoms with Crippen LogP contribution in [0.1, 0.15) is 62.9 Å². The molecule has 43 heavy (non-hydrogen) atoms. The summed E-state index contributed by atoms with van der Waals surface area (Å²) < 4.78 is 10.9. The smallest absolute Gasteiger partial charge is 0.255 e.